The monoisotopic (exact) mass is 345 g/mol. The molecule has 1 aliphatic heterocycles. The quantitative estimate of drug-likeness (QED) is 0.771. The molecule has 1 heterocycles. The van der Waals surface area contributed by atoms with E-state index in [9.17, 15) is 0 Å². The molecule has 110 valence electrons. The Labute approximate surface area is 134 Å². The van der Waals surface area contributed by atoms with Gasteiger partial charge >= 0.3 is 0 Å². The molecule has 0 amide bonds. The molecule has 2 aromatic rings. The normalized spacial score (nSPS) is 16.9. The number of benzene rings is 2. The third-order valence-electron chi connectivity index (χ3n) is 4.10. The van der Waals surface area contributed by atoms with Crippen LogP contribution in [0.3, 0.4) is 0 Å². The fourth-order valence-corrected chi connectivity index (χ4v) is 3.27. The maximum Gasteiger partial charge on any atom is 0.130 e. The van der Waals surface area contributed by atoms with Gasteiger partial charge in [-0.3, -0.25) is 0 Å². The molecule has 1 aliphatic rings. The van der Waals surface area contributed by atoms with Gasteiger partial charge in [0, 0.05) is 4.47 Å². The summed E-state index contributed by atoms with van der Waals surface area (Å²) in [7, 11) is 2.19. The highest BCUT2D eigenvalue weighted by atomic mass is 79.9. The minimum atomic E-state index is 0.601. The van der Waals surface area contributed by atoms with Crippen molar-refractivity contribution in [3.8, 4) is 11.5 Å². The van der Waals surface area contributed by atoms with Crippen molar-refractivity contribution in [2.24, 2.45) is 0 Å². The van der Waals surface area contributed by atoms with Crippen LogP contribution in [0.5, 0.6) is 11.5 Å². The molecule has 3 heteroatoms. The van der Waals surface area contributed by atoms with Gasteiger partial charge in [-0.05, 0) is 68.7 Å². The Morgan fingerprint density at radius 1 is 1.05 bits per heavy atom. The van der Waals surface area contributed by atoms with Crippen LogP contribution >= 0.6 is 15.9 Å². The zero-order valence-corrected chi connectivity index (χ0v) is 13.8. The van der Waals surface area contributed by atoms with E-state index in [2.05, 4.69) is 46.1 Å². The lowest BCUT2D eigenvalue weighted by molar-refractivity contribution is 0.253. The van der Waals surface area contributed by atoms with E-state index in [-0.39, 0.29) is 0 Å². The summed E-state index contributed by atoms with van der Waals surface area (Å²) in [5.74, 6) is 2.47. The van der Waals surface area contributed by atoms with E-state index in [1.807, 2.05) is 30.3 Å². The summed E-state index contributed by atoms with van der Waals surface area (Å²) in [4.78, 5) is 2.40. The largest absolute Gasteiger partial charge is 0.457 e. The summed E-state index contributed by atoms with van der Waals surface area (Å²) in [6.45, 7) is 2.33. The van der Waals surface area contributed by atoms with Crippen LogP contribution < -0.4 is 4.74 Å². The zero-order valence-electron chi connectivity index (χ0n) is 12.3. The Kier molecular flexibility index (Phi) is 4.61. The molecule has 0 radical (unpaired) electrons. The Morgan fingerprint density at radius 2 is 1.81 bits per heavy atom. The number of likely N-dealkylation sites (tertiary alicyclic amines) is 1. The van der Waals surface area contributed by atoms with Crippen molar-refractivity contribution in [3.63, 3.8) is 0 Å². The van der Waals surface area contributed by atoms with Gasteiger partial charge in [-0.1, -0.05) is 40.2 Å². The second-order valence-corrected chi connectivity index (χ2v) is 6.59. The van der Waals surface area contributed by atoms with Crippen molar-refractivity contribution in [2.75, 3.05) is 20.1 Å². The number of nitrogens with zero attached hydrogens (tertiary/aromatic N) is 1. The van der Waals surface area contributed by atoms with E-state index >= 15 is 0 Å². The van der Waals surface area contributed by atoms with Crippen molar-refractivity contribution < 1.29 is 4.74 Å². The molecule has 2 aromatic carbocycles. The number of para-hydroxylation sites is 1. The predicted molar refractivity (Wildman–Crippen MR) is 90.1 cm³/mol. The maximum atomic E-state index is 6.13. The molecule has 0 bridgehead atoms. The van der Waals surface area contributed by atoms with Crippen LogP contribution in [0.2, 0.25) is 0 Å². The van der Waals surface area contributed by atoms with Crippen LogP contribution in [-0.2, 0) is 0 Å². The van der Waals surface area contributed by atoms with Crippen LogP contribution in [0.25, 0.3) is 0 Å². The molecule has 0 unspecified atom stereocenters. The number of rotatable bonds is 3. The van der Waals surface area contributed by atoms with E-state index in [0.717, 1.165) is 29.1 Å². The standard InChI is InChI=1S/C18H20BrNO/c1-20-11-9-14(10-12-20)17-7-2-3-8-18(17)21-16-6-4-5-15(19)13-16/h2-8,13-14H,9-12H2,1H3. The summed E-state index contributed by atoms with van der Waals surface area (Å²) in [5, 5.41) is 0. The zero-order chi connectivity index (χ0) is 14.7. The van der Waals surface area contributed by atoms with Gasteiger partial charge in [-0.25, -0.2) is 0 Å². The van der Waals surface area contributed by atoms with Crippen LogP contribution in [0.4, 0.5) is 0 Å². The van der Waals surface area contributed by atoms with Crippen LogP contribution in [-0.4, -0.2) is 25.0 Å². The van der Waals surface area contributed by atoms with E-state index in [4.69, 9.17) is 4.74 Å². The molecule has 1 saturated heterocycles. The maximum absolute atomic E-state index is 6.13. The van der Waals surface area contributed by atoms with E-state index in [0.29, 0.717) is 5.92 Å². The molecule has 1 fully saturated rings. The molecule has 0 N–H and O–H groups in total. The van der Waals surface area contributed by atoms with Gasteiger partial charge in [-0.2, -0.15) is 0 Å². The smallest absolute Gasteiger partial charge is 0.130 e. The second kappa shape index (κ2) is 6.63. The lowest BCUT2D eigenvalue weighted by Gasteiger charge is -2.30. The predicted octanol–water partition coefficient (Wildman–Crippen LogP) is 5.05. The summed E-state index contributed by atoms with van der Waals surface area (Å²) < 4.78 is 7.17. The molecule has 3 rings (SSSR count). The molecule has 0 spiro atoms. The lowest BCUT2D eigenvalue weighted by atomic mass is 9.89. The van der Waals surface area contributed by atoms with E-state index in [1.54, 1.807) is 0 Å². The highest BCUT2D eigenvalue weighted by molar-refractivity contribution is 9.10. The fraction of sp³-hybridized carbons (Fsp3) is 0.333. The van der Waals surface area contributed by atoms with Gasteiger partial charge in [0.1, 0.15) is 11.5 Å². The van der Waals surface area contributed by atoms with E-state index in [1.165, 1.54) is 18.4 Å². The molecule has 0 saturated carbocycles. The Morgan fingerprint density at radius 3 is 2.57 bits per heavy atom. The average Bonchev–Trinajstić information content (AvgIpc) is 2.49. The first kappa shape index (κ1) is 14.6. The molecular weight excluding hydrogens is 326 g/mol. The van der Waals surface area contributed by atoms with Crippen molar-refractivity contribution in [2.45, 2.75) is 18.8 Å². The van der Waals surface area contributed by atoms with Crippen molar-refractivity contribution in [1.29, 1.82) is 0 Å². The van der Waals surface area contributed by atoms with Crippen LogP contribution in [0.15, 0.2) is 53.0 Å². The molecular formula is C18H20BrNO. The number of halogens is 1. The number of hydrogen-bond donors (Lipinski definition) is 0. The molecule has 21 heavy (non-hydrogen) atoms. The van der Waals surface area contributed by atoms with Crippen molar-refractivity contribution in [3.05, 3.63) is 58.6 Å². The van der Waals surface area contributed by atoms with Gasteiger partial charge in [0.05, 0.1) is 0 Å². The molecule has 0 aliphatic carbocycles. The van der Waals surface area contributed by atoms with E-state index < -0.39 is 0 Å². The van der Waals surface area contributed by atoms with Crippen molar-refractivity contribution in [1.82, 2.24) is 4.90 Å². The minimum absolute atomic E-state index is 0.601. The first-order chi connectivity index (χ1) is 10.2. The van der Waals surface area contributed by atoms with Crippen LogP contribution in [0, 0.1) is 0 Å². The van der Waals surface area contributed by atoms with Gasteiger partial charge in [0.2, 0.25) is 0 Å². The summed E-state index contributed by atoms with van der Waals surface area (Å²) >= 11 is 3.49. The number of ether oxygens (including phenoxy) is 1. The minimum Gasteiger partial charge on any atom is -0.457 e. The molecule has 0 atom stereocenters. The lowest BCUT2D eigenvalue weighted by Crippen LogP contribution is -2.29. The first-order valence-corrected chi connectivity index (χ1v) is 8.22. The third kappa shape index (κ3) is 3.66. The number of hydrogen-bond acceptors (Lipinski definition) is 2. The highest BCUT2D eigenvalue weighted by Gasteiger charge is 2.21. The highest BCUT2D eigenvalue weighted by Crippen LogP contribution is 2.36. The SMILES string of the molecule is CN1CCC(c2ccccc2Oc2cccc(Br)c2)CC1. The topological polar surface area (TPSA) is 12.5 Å². The molecule has 2 nitrogen and oxygen atoms in total. The van der Waals surface area contributed by atoms with Crippen LogP contribution in [0.1, 0.15) is 24.3 Å². The van der Waals surface area contributed by atoms with Gasteiger partial charge in [-0.15, -0.1) is 0 Å². The summed E-state index contributed by atoms with van der Waals surface area (Å²) in [5.41, 5.74) is 1.34. The van der Waals surface area contributed by atoms with Gasteiger partial charge in [0.25, 0.3) is 0 Å². The van der Waals surface area contributed by atoms with Crippen molar-refractivity contribution >= 4 is 15.9 Å². The summed E-state index contributed by atoms with van der Waals surface area (Å²) in [6.07, 6.45) is 2.41. The van der Waals surface area contributed by atoms with Gasteiger partial charge < -0.3 is 9.64 Å². The Balaban J connectivity index is 1.82. The average molecular weight is 346 g/mol. The Bertz CT molecular complexity index is 606. The Hall–Kier alpha value is -1.32. The first-order valence-electron chi connectivity index (χ1n) is 7.43. The molecule has 0 aromatic heterocycles. The second-order valence-electron chi connectivity index (χ2n) is 5.67. The fourth-order valence-electron chi connectivity index (χ4n) is 2.89. The summed E-state index contributed by atoms with van der Waals surface area (Å²) in [6, 6.07) is 16.5. The van der Waals surface area contributed by atoms with Gasteiger partial charge in [0.15, 0.2) is 0 Å². The third-order valence-corrected chi connectivity index (χ3v) is 4.59. The number of piperidine rings is 1.